The number of sulfone groups is 1. The van der Waals surface area contributed by atoms with E-state index >= 15 is 0 Å². The quantitative estimate of drug-likeness (QED) is 0.515. The van der Waals surface area contributed by atoms with Crippen molar-refractivity contribution in [3.63, 3.8) is 0 Å². The molecule has 30 heavy (non-hydrogen) atoms. The fourth-order valence-electron chi connectivity index (χ4n) is 3.18. The zero-order chi connectivity index (χ0) is 21.1. The molecule has 4 aromatic rings. The van der Waals surface area contributed by atoms with Crippen molar-refractivity contribution in [3.05, 3.63) is 95.2 Å². The van der Waals surface area contributed by atoms with Crippen LogP contribution in [-0.2, 0) is 27.7 Å². The van der Waals surface area contributed by atoms with Gasteiger partial charge in [0.15, 0.2) is 0 Å². The molecule has 0 bridgehead atoms. The molecule has 2 aromatic carbocycles. The van der Waals surface area contributed by atoms with Crippen molar-refractivity contribution in [2.75, 3.05) is 0 Å². The number of carbonyl (C=O) groups is 1. The van der Waals surface area contributed by atoms with Gasteiger partial charge >= 0.3 is 0 Å². The van der Waals surface area contributed by atoms with Crippen molar-refractivity contribution >= 4 is 26.6 Å². The lowest BCUT2D eigenvalue weighted by molar-refractivity contribution is -0.121. The molecule has 1 amide bonds. The first kappa shape index (κ1) is 19.7. The zero-order valence-electron chi connectivity index (χ0n) is 15.8. The van der Waals surface area contributed by atoms with Gasteiger partial charge in [0.1, 0.15) is 17.2 Å². The highest BCUT2D eigenvalue weighted by Crippen LogP contribution is 2.22. The molecule has 8 heteroatoms. The van der Waals surface area contributed by atoms with Gasteiger partial charge in [-0.2, -0.15) is 0 Å². The summed E-state index contributed by atoms with van der Waals surface area (Å²) in [5.41, 5.74) is -0.270. The number of rotatable bonds is 6. The average Bonchev–Trinajstić information content (AvgIpc) is 3.28. The second-order valence-corrected chi connectivity index (χ2v) is 8.55. The molecule has 152 valence electrons. The number of carbonyl (C=O) groups excluding carboxylic acids is 1. The molecule has 2 heterocycles. The van der Waals surface area contributed by atoms with E-state index in [1.54, 1.807) is 54.6 Å². The molecule has 0 unspecified atom stereocenters. The van der Waals surface area contributed by atoms with E-state index in [2.05, 4.69) is 5.32 Å². The van der Waals surface area contributed by atoms with E-state index in [1.807, 2.05) is 0 Å². The third-order valence-corrected chi connectivity index (χ3v) is 6.42. The molecule has 0 aliphatic rings. The van der Waals surface area contributed by atoms with Crippen molar-refractivity contribution in [2.24, 2.45) is 0 Å². The van der Waals surface area contributed by atoms with Crippen LogP contribution < -0.4 is 10.9 Å². The summed E-state index contributed by atoms with van der Waals surface area (Å²) in [6, 6.07) is 19.4. The first-order chi connectivity index (χ1) is 14.5. The first-order valence-corrected chi connectivity index (χ1v) is 10.7. The first-order valence-electron chi connectivity index (χ1n) is 9.18. The third kappa shape index (κ3) is 3.77. The standard InChI is InChI=1S/C22H18N2O5S/c25-21(23-14-17-8-6-12-29-17)15-24-19-11-5-4-7-16(19)13-20(22(24)26)30(27,28)18-9-2-1-3-10-18/h1-13H,14-15H2,(H,23,25). The van der Waals surface area contributed by atoms with Gasteiger partial charge in [-0.15, -0.1) is 0 Å². The molecule has 0 spiro atoms. The van der Waals surface area contributed by atoms with Crippen molar-refractivity contribution in [2.45, 2.75) is 22.9 Å². The van der Waals surface area contributed by atoms with Crippen molar-refractivity contribution in [1.82, 2.24) is 9.88 Å². The van der Waals surface area contributed by atoms with E-state index < -0.39 is 21.3 Å². The summed E-state index contributed by atoms with van der Waals surface area (Å²) in [5, 5.41) is 3.22. The van der Waals surface area contributed by atoms with E-state index in [1.165, 1.54) is 29.0 Å². The minimum Gasteiger partial charge on any atom is -0.467 e. The minimum absolute atomic E-state index is 0.0196. The molecule has 0 fully saturated rings. The van der Waals surface area contributed by atoms with Gasteiger partial charge in [-0.25, -0.2) is 8.42 Å². The van der Waals surface area contributed by atoms with E-state index in [9.17, 15) is 18.0 Å². The number of nitrogens with one attached hydrogen (secondary N) is 1. The van der Waals surface area contributed by atoms with Crippen molar-refractivity contribution < 1.29 is 17.6 Å². The lowest BCUT2D eigenvalue weighted by atomic mass is 10.2. The Labute approximate surface area is 172 Å². The molecule has 0 saturated heterocycles. The van der Waals surface area contributed by atoms with E-state index in [0.29, 0.717) is 16.7 Å². The highest BCUT2D eigenvalue weighted by Gasteiger charge is 2.24. The van der Waals surface area contributed by atoms with Gasteiger partial charge in [0.25, 0.3) is 5.56 Å². The molecule has 0 radical (unpaired) electrons. The Hall–Kier alpha value is -3.65. The number of para-hydroxylation sites is 1. The van der Waals surface area contributed by atoms with E-state index in [0.717, 1.165) is 0 Å². The van der Waals surface area contributed by atoms with Gasteiger partial charge in [-0.05, 0) is 41.8 Å². The largest absolute Gasteiger partial charge is 0.467 e. The zero-order valence-corrected chi connectivity index (χ0v) is 16.6. The monoisotopic (exact) mass is 422 g/mol. The summed E-state index contributed by atoms with van der Waals surface area (Å²) < 4.78 is 32.5. The van der Waals surface area contributed by atoms with Crippen LogP contribution in [0.1, 0.15) is 5.76 Å². The van der Waals surface area contributed by atoms with Gasteiger partial charge in [0.2, 0.25) is 15.7 Å². The Kier molecular flexibility index (Phi) is 5.24. The second kappa shape index (κ2) is 8.00. The molecular formula is C22H18N2O5S. The Morgan fingerprint density at radius 1 is 0.967 bits per heavy atom. The van der Waals surface area contributed by atoms with Crippen LogP contribution in [0, 0.1) is 0 Å². The number of nitrogens with zero attached hydrogens (tertiary/aromatic N) is 1. The maximum Gasteiger partial charge on any atom is 0.270 e. The predicted octanol–water partition coefficient (Wildman–Crippen LogP) is 2.74. The van der Waals surface area contributed by atoms with Crippen LogP contribution in [0.25, 0.3) is 10.9 Å². The maximum atomic E-state index is 13.2. The van der Waals surface area contributed by atoms with Crippen LogP contribution in [-0.4, -0.2) is 18.9 Å². The number of benzene rings is 2. The predicted molar refractivity (Wildman–Crippen MR) is 111 cm³/mol. The number of aromatic nitrogens is 1. The van der Waals surface area contributed by atoms with Crippen LogP contribution in [0.4, 0.5) is 0 Å². The summed E-state index contributed by atoms with van der Waals surface area (Å²) in [4.78, 5) is 25.3. The highest BCUT2D eigenvalue weighted by atomic mass is 32.2. The normalized spacial score (nSPS) is 11.5. The smallest absolute Gasteiger partial charge is 0.270 e. The fraction of sp³-hybridized carbons (Fsp3) is 0.0909. The topological polar surface area (TPSA) is 98.4 Å². The number of pyridine rings is 1. The molecule has 4 rings (SSSR count). The Morgan fingerprint density at radius 2 is 1.70 bits per heavy atom. The number of furan rings is 1. The Bertz CT molecular complexity index is 1360. The Balaban J connectivity index is 1.76. The maximum absolute atomic E-state index is 13.2. The summed E-state index contributed by atoms with van der Waals surface area (Å²) in [6.07, 6.45) is 1.50. The van der Waals surface area contributed by atoms with Crippen LogP contribution >= 0.6 is 0 Å². The van der Waals surface area contributed by atoms with Gasteiger partial charge in [0.05, 0.1) is 23.2 Å². The number of fused-ring (bicyclic) bond motifs is 1. The third-order valence-electron chi connectivity index (χ3n) is 4.65. The lowest BCUT2D eigenvalue weighted by Crippen LogP contribution is -2.34. The minimum atomic E-state index is -4.05. The molecule has 1 N–H and O–H groups in total. The van der Waals surface area contributed by atoms with Crippen molar-refractivity contribution in [1.29, 1.82) is 0 Å². The average molecular weight is 422 g/mol. The fourth-order valence-corrected chi connectivity index (χ4v) is 4.57. The summed E-state index contributed by atoms with van der Waals surface area (Å²) >= 11 is 0. The Morgan fingerprint density at radius 3 is 2.43 bits per heavy atom. The molecule has 2 aromatic heterocycles. The second-order valence-electron chi connectivity index (χ2n) is 6.63. The van der Waals surface area contributed by atoms with Gasteiger partial charge < -0.3 is 9.73 Å². The van der Waals surface area contributed by atoms with Crippen molar-refractivity contribution in [3.8, 4) is 0 Å². The molecule has 0 aliphatic heterocycles. The number of hydrogen-bond acceptors (Lipinski definition) is 5. The van der Waals surface area contributed by atoms with E-state index in [4.69, 9.17) is 4.42 Å². The number of hydrogen-bond donors (Lipinski definition) is 1. The van der Waals surface area contributed by atoms with Crippen LogP contribution in [0.15, 0.2) is 98.1 Å². The van der Waals surface area contributed by atoms with Gasteiger partial charge in [-0.3, -0.25) is 14.2 Å². The van der Waals surface area contributed by atoms with E-state index in [-0.39, 0.29) is 22.9 Å². The highest BCUT2D eigenvalue weighted by molar-refractivity contribution is 7.91. The van der Waals surface area contributed by atoms with Crippen LogP contribution in [0.5, 0.6) is 0 Å². The van der Waals surface area contributed by atoms with Gasteiger partial charge in [0, 0.05) is 0 Å². The molecule has 0 aliphatic carbocycles. The lowest BCUT2D eigenvalue weighted by Gasteiger charge is -2.13. The summed E-state index contributed by atoms with van der Waals surface area (Å²) in [5.74, 6) is 0.133. The molecule has 0 saturated carbocycles. The van der Waals surface area contributed by atoms with Crippen LogP contribution in [0.3, 0.4) is 0 Å². The summed E-state index contributed by atoms with van der Waals surface area (Å²) in [6.45, 7) is -0.154. The summed E-state index contributed by atoms with van der Waals surface area (Å²) in [7, 11) is -4.05. The molecule has 7 nitrogen and oxygen atoms in total. The molecule has 0 atom stereocenters. The number of amides is 1. The molecular weight excluding hydrogens is 404 g/mol. The van der Waals surface area contributed by atoms with Crippen LogP contribution in [0.2, 0.25) is 0 Å². The SMILES string of the molecule is O=C(Cn1c(=O)c(S(=O)(=O)c2ccccc2)cc2ccccc21)NCc1ccco1. The van der Waals surface area contributed by atoms with Gasteiger partial charge in [-0.1, -0.05) is 36.4 Å².